The number of hydrogen-bond donors (Lipinski definition) is 1. The third-order valence-corrected chi connectivity index (χ3v) is 5.24. The Bertz CT molecular complexity index is 486. The highest BCUT2D eigenvalue weighted by Gasteiger charge is 2.30. The molecule has 0 aromatic heterocycles. The lowest BCUT2D eigenvalue weighted by Crippen LogP contribution is -2.32. The number of nitrogens with zero attached hydrogens (tertiary/aromatic N) is 1. The molecule has 1 heterocycles. The summed E-state index contributed by atoms with van der Waals surface area (Å²) in [5, 5.41) is 4.32. The summed E-state index contributed by atoms with van der Waals surface area (Å²) in [4.78, 5) is 4.55. The maximum atomic E-state index is 13.6. The molecular weight excluding hydrogens is 283 g/mol. The minimum absolute atomic E-state index is 0.294. The number of rotatable bonds is 3. The molecule has 0 aliphatic carbocycles. The van der Waals surface area contributed by atoms with Gasteiger partial charge in [0.2, 0.25) is 0 Å². The fraction of sp³-hybridized carbons (Fsp3) is 0.500. The Kier molecular flexibility index (Phi) is 4.74. The molecule has 0 saturated heterocycles. The van der Waals surface area contributed by atoms with E-state index in [0.717, 1.165) is 30.3 Å². The number of amidine groups is 1. The third kappa shape index (κ3) is 3.42. The lowest BCUT2D eigenvalue weighted by Gasteiger charge is -2.33. The standard InChI is InChI=1S/C14H18ClFN2S/c1-3-14(4-2)8-17-13(19-9-14)18-12-7-10(15)5-6-11(12)16/h5-7H,3-4,8-9H2,1-2H3,(H,17,18). The monoisotopic (exact) mass is 300 g/mol. The second-order valence-electron chi connectivity index (χ2n) is 4.87. The van der Waals surface area contributed by atoms with E-state index in [0.29, 0.717) is 16.1 Å². The lowest BCUT2D eigenvalue weighted by molar-refractivity contribution is 0.318. The Morgan fingerprint density at radius 2 is 2.16 bits per heavy atom. The molecule has 2 rings (SSSR count). The van der Waals surface area contributed by atoms with E-state index in [1.54, 1.807) is 17.8 Å². The zero-order chi connectivity index (χ0) is 13.9. The largest absolute Gasteiger partial charge is 0.333 e. The molecule has 1 aromatic carbocycles. The molecule has 0 unspecified atom stereocenters. The van der Waals surface area contributed by atoms with Gasteiger partial charge < -0.3 is 5.32 Å². The Balaban J connectivity index is 2.09. The van der Waals surface area contributed by atoms with Crippen LogP contribution in [0.15, 0.2) is 23.2 Å². The van der Waals surface area contributed by atoms with Crippen LogP contribution in [0.4, 0.5) is 10.1 Å². The van der Waals surface area contributed by atoms with Gasteiger partial charge in [0.1, 0.15) is 5.82 Å². The second-order valence-corrected chi connectivity index (χ2v) is 6.27. The van der Waals surface area contributed by atoms with Crippen molar-refractivity contribution in [3.63, 3.8) is 0 Å². The zero-order valence-corrected chi connectivity index (χ0v) is 12.7. The molecule has 1 aromatic rings. The predicted octanol–water partition coefficient (Wildman–Crippen LogP) is 4.80. The van der Waals surface area contributed by atoms with Gasteiger partial charge in [-0.2, -0.15) is 0 Å². The van der Waals surface area contributed by atoms with Gasteiger partial charge >= 0.3 is 0 Å². The smallest absolute Gasteiger partial charge is 0.161 e. The van der Waals surface area contributed by atoms with Crippen molar-refractivity contribution in [1.29, 1.82) is 0 Å². The van der Waals surface area contributed by atoms with Crippen LogP contribution in [0.1, 0.15) is 26.7 Å². The molecule has 0 amide bonds. The van der Waals surface area contributed by atoms with Crippen LogP contribution in [-0.2, 0) is 0 Å². The number of thioether (sulfide) groups is 1. The van der Waals surface area contributed by atoms with Crippen LogP contribution < -0.4 is 5.32 Å². The van der Waals surface area contributed by atoms with Crippen LogP contribution in [0.5, 0.6) is 0 Å². The van der Waals surface area contributed by atoms with Gasteiger partial charge in [0.15, 0.2) is 5.17 Å². The lowest BCUT2D eigenvalue weighted by atomic mass is 9.84. The van der Waals surface area contributed by atoms with Crippen molar-refractivity contribution in [3.8, 4) is 0 Å². The number of nitrogens with one attached hydrogen (secondary N) is 1. The molecule has 0 radical (unpaired) electrons. The van der Waals surface area contributed by atoms with Gasteiger partial charge in [-0.15, -0.1) is 0 Å². The van der Waals surface area contributed by atoms with Crippen LogP contribution in [0.3, 0.4) is 0 Å². The molecule has 19 heavy (non-hydrogen) atoms. The molecule has 0 spiro atoms. The van der Waals surface area contributed by atoms with Crippen molar-refractivity contribution in [1.82, 2.24) is 0 Å². The van der Waals surface area contributed by atoms with Gasteiger partial charge in [-0.05, 0) is 36.5 Å². The van der Waals surface area contributed by atoms with Gasteiger partial charge in [-0.25, -0.2) is 4.39 Å². The summed E-state index contributed by atoms with van der Waals surface area (Å²) in [6.45, 7) is 5.21. The Labute approximate surface area is 122 Å². The number of anilines is 1. The van der Waals surface area contributed by atoms with Crippen LogP contribution >= 0.6 is 23.4 Å². The van der Waals surface area contributed by atoms with Crippen LogP contribution in [0.2, 0.25) is 5.02 Å². The van der Waals surface area contributed by atoms with Crippen molar-refractivity contribution >= 4 is 34.2 Å². The summed E-state index contributed by atoms with van der Waals surface area (Å²) in [7, 11) is 0. The number of aliphatic imine (C=N–C) groups is 1. The van der Waals surface area contributed by atoms with Crippen molar-refractivity contribution in [3.05, 3.63) is 29.0 Å². The highest BCUT2D eigenvalue weighted by atomic mass is 35.5. The Morgan fingerprint density at radius 1 is 1.42 bits per heavy atom. The maximum absolute atomic E-state index is 13.6. The van der Waals surface area contributed by atoms with E-state index in [1.165, 1.54) is 12.1 Å². The van der Waals surface area contributed by atoms with Crippen molar-refractivity contribution < 1.29 is 4.39 Å². The van der Waals surface area contributed by atoms with Gasteiger partial charge in [0, 0.05) is 17.3 Å². The van der Waals surface area contributed by atoms with E-state index in [9.17, 15) is 4.39 Å². The van der Waals surface area contributed by atoms with Crippen LogP contribution in [0.25, 0.3) is 0 Å². The first-order valence-corrected chi connectivity index (χ1v) is 7.84. The summed E-state index contributed by atoms with van der Waals surface area (Å²) >= 11 is 7.53. The predicted molar refractivity (Wildman–Crippen MR) is 82.8 cm³/mol. The third-order valence-electron chi connectivity index (χ3n) is 3.74. The molecule has 0 bridgehead atoms. The quantitative estimate of drug-likeness (QED) is 0.867. The SMILES string of the molecule is CCC1(CC)CN=C(Nc2cc(Cl)ccc2F)SC1. The van der Waals surface area contributed by atoms with E-state index in [2.05, 4.69) is 24.2 Å². The molecule has 2 nitrogen and oxygen atoms in total. The Hall–Kier alpha value is -0.740. The fourth-order valence-corrected chi connectivity index (χ4v) is 3.47. The van der Waals surface area contributed by atoms with E-state index in [4.69, 9.17) is 11.6 Å². The summed E-state index contributed by atoms with van der Waals surface area (Å²) in [5.74, 6) is 0.712. The molecule has 0 saturated carbocycles. The van der Waals surface area contributed by atoms with E-state index < -0.39 is 0 Å². The number of hydrogen-bond acceptors (Lipinski definition) is 3. The van der Waals surface area contributed by atoms with E-state index >= 15 is 0 Å². The van der Waals surface area contributed by atoms with Gasteiger partial charge in [0.25, 0.3) is 0 Å². The highest BCUT2D eigenvalue weighted by Crippen LogP contribution is 2.35. The second kappa shape index (κ2) is 6.14. The van der Waals surface area contributed by atoms with Gasteiger partial charge in [-0.1, -0.05) is 37.2 Å². The number of halogens is 2. The molecular formula is C14H18ClFN2S. The minimum Gasteiger partial charge on any atom is -0.333 e. The van der Waals surface area contributed by atoms with E-state index in [1.807, 2.05) is 0 Å². The molecule has 1 aliphatic rings. The topological polar surface area (TPSA) is 24.4 Å². The number of benzene rings is 1. The normalized spacial score (nSPS) is 18.0. The molecule has 104 valence electrons. The molecule has 1 aliphatic heterocycles. The summed E-state index contributed by atoms with van der Waals surface area (Å²) in [6, 6.07) is 4.49. The molecule has 1 N–H and O–H groups in total. The fourth-order valence-electron chi connectivity index (χ4n) is 2.01. The van der Waals surface area contributed by atoms with Gasteiger partial charge in [0.05, 0.1) is 5.69 Å². The maximum Gasteiger partial charge on any atom is 0.161 e. The molecule has 0 fully saturated rings. The summed E-state index contributed by atoms with van der Waals surface area (Å²) < 4.78 is 13.6. The van der Waals surface area contributed by atoms with Crippen molar-refractivity contribution in [2.24, 2.45) is 10.4 Å². The average Bonchev–Trinajstić information content (AvgIpc) is 2.44. The Morgan fingerprint density at radius 3 is 2.74 bits per heavy atom. The molecule has 0 atom stereocenters. The average molecular weight is 301 g/mol. The van der Waals surface area contributed by atoms with Crippen molar-refractivity contribution in [2.45, 2.75) is 26.7 Å². The van der Waals surface area contributed by atoms with Gasteiger partial charge in [-0.3, -0.25) is 4.99 Å². The first-order chi connectivity index (χ1) is 9.08. The van der Waals surface area contributed by atoms with E-state index in [-0.39, 0.29) is 5.82 Å². The highest BCUT2D eigenvalue weighted by molar-refractivity contribution is 8.14. The first kappa shape index (κ1) is 14.7. The zero-order valence-electron chi connectivity index (χ0n) is 11.2. The van der Waals surface area contributed by atoms with Crippen LogP contribution in [0, 0.1) is 11.2 Å². The first-order valence-electron chi connectivity index (χ1n) is 6.48. The minimum atomic E-state index is -0.310. The molecule has 5 heteroatoms. The van der Waals surface area contributed by atoms with Crippen LogP contribution in [-0.4, -0.2) is 17.5 Å². The van der Waals surface area contributed by atoms with Crippen molar-refractivity contribution in [2.75, 3.05) is 17.6 Å². The summed E-state index contributed by atoms with van der Waals surface area (Å²) in [6.07, 6.45) is 2.25. The summed E-state index contributed by atoms with van der Waals surface area (Å²) in [5.41, 5.74) is 0.683.